The number of aliphatic hydroxyl groups excluding tert-OH is 1. The Kier molecular flexibility index (Phi) is 2.13. The average Bonchev–Trinajstić information content (AvgIpc) is 2.82. The number of aliphatic hydroxyl groups is 2. The Hall–Kier alpha value is -1.18. The molecule has 0 amide bonds. The molecule has 0 aromatic carbocycles. The van der Waals surface area contributed by atoms with Crippen LogP contribution in [0.15, 0.2) is 0 Å². The van der Waals surface area contributed by atoms with Crippen LogP contribution >= 0.6 is 0 Å². The molecule has 0 aromatic heterocycles. The highest BCUT2D eigenvalue weighted by molar-refractivity contribution is 5.91. The maximum Gasteiger partial charge on any atom is 0.357 e. The van der Waals surface area contributed by atoms with Crippen LogP contribution in [0.25, 0.3) is 0 Å². The van der Waals surface area contributed by atoms with Gasteiger partial charge in [0.2, 0.25) is 0 Å². The second-order valence-corrected chi connectivity index (χ2v) is 5.13. The lowest BCUT2D eigenvalue weighted by Gasteiger charge is -2.34. The van der Waals surface area contributed by atoms with Crippen molar-refractivity contribution < 1.29 is 34.0 Å². The number of rotatable bonds is 0. The molecular formula is C11H14O7. The van der Waals surface area contributed by atoms with Crippen LogP contribution in [-0.4, -0.2) is 52.4 Å². The minimum absolute atomic E-state index is 0.172. The van der Waals surface area contributed by atoms with Crippen LogP contribution in [0, 0.1) is 11.8 Å². The minimum Gasteiger partial charge on any atom is -0.450 e. The van der Waals surface area contributed by atoms with Gasteiger partial charge in [0.05, 0.1) is 12.5 Å². The van der Waals surface area contributed by atoms with E-state index in [0.29, 0.717) is 0 Å². The molecule has 0 aromatic rings. The maximum atomic E-state index is 12.0. The van der Waals surface area contributed by atoms with E-state index in [1.165, 1.54) is 0 Å². The van der Waals surface area contributed by atoms with E-state index < -0.39 is 47.4 Å². The summed E-state index contributed by atoms with van der Waals surface area (Å²) >= 11 is 0. The predicted molar refractivity (Wildman–Crippen MR) is 53.9 cm³/mol. The first-order chi connectivity index (χ1) is 8.34. The molecule has 1 spiro atoms. The van der Waals surface area contributed by atoms with E-state index >= 15 is 0 Å². The second kappa shape index (κ2) is 3.23. The molecule has 3 heterocycles. The molecule has 0 radical (unpaired) electrons. The van der Waals surface area contributed by atoms with Gasteiger partial charge in [0, 0.05) is 5.92 Å². The fourth-order valence-corrected chi connectivity index (χ4v) is 3.00. The van der Waals surface area contributed by atoms with Gasteiger partial charge in [0.25, 0.3) is 11.4 Å². The van der Waals surface area contributed by atoms with Crippen LogP contribution in [0.3, 0.4) is 0 Å². The molecule has 2 N–H and O–H groups in total. The van der Waals surface area contributed by atoms with Crippen molar-refractivity contribution in [3.63, 3.8) is 0 Å². The number of carbonyl (C=O) groups is 2. The summed E-state index contributed by atoms with van der Waals surface area (Å²) in [5, 5.41) is 20.2. The van der Waals surface area contributed by atoms with E-state index in [2.05, 4.69) is 0 Å². The summed E-state index contributed by atoms with van der Waals surface area (Å²) in [6, 6.07) is 0. The van der Waals surface area contributed by atoms with E-state index in [-0.39, 0.29) is 6.61 Å². The van der Waals surface area contributed by atoms with E-state index in [1.807, 2.05) is 0 Å². The quantitative estimate of drug-likeness (QED) is 0.513. The van der Waals surface area contributed by atoms with Crippen LogP contribution in [0.2, 0.25) is 0 Å². The summed E-state index contributed by atoms with van der Waals surface area (Å²) in [6.45, 7) is 3.05. The number of hydrogen-bond donors (Lipinski definition) is 2. The minimum atomic E-state index is -2.11. The highest BCUT2D eigenvalue weighted by Crippen LogP contribution is 2.54. The summed E-state index contributed by atoms with van der Waals surface area (Å²) in [7, 11) is 0. The van der Waals surface area contributed by atoms with Crippen molar-refractivity contribution in [1.82, 2.24) is 0 Å². The van der Waals surface area contributed by atoms with Gasteiger partial charge in [-0.25, -0.2) is 4.79 Å². The van der Waals surface area contributed by atoms with Crippen molar-refractivity contribution in [2.45, 2.75) is 37.4 Å². The fraction of sp³-hybridized carbons (Fsp3) is 0.818. The lowest BCUT2D eigenvalue weighted by molar-refractivity contribution is -0.269. The van der Waals surface area contributed by atoms with Gasteiger partial charge in [-0.2, -0.15) is 0 Å². The van der Waals surface area contributed by atoms with Crippen LogP contribution in [-0.2, 0) is 23.8 Å². The van der Waals surface area contributed by atoms with Crippen molar-refractivity contribution in [2.75, 3.05) is 6.61 Å². The summed E-state index contributed by atoms with van der Waals surface area (Å²) < 4.78 is 15.2. The van der Waals surface area contributed by atoms with Gasteiger partial charge in [-0.15, -0.1) is 0 Å². The standard InChI is InChI=1S/C11H14O7/c1-4-5(2)10(18-8(4)13)9(14)17-7-6(12)3-16-11(7,10)15/h4-7,12,15H,3H2,1-2H3. The van der Waals surface area contributed by atoms with Crippen molar-refractivity contribution >= 4 is 11.9 Å². The van der Waals surface area contributed by atoms with Gasteiger partial charge in [-0.1, -0.05) is 13.8 Å². The van der Waals surface area contributed by atoms with E-state index in [9.17, 15) is 19.8 Å². The van der Waals surface area contributed by atoms with Crippen molar-refractivity contribution in [2.24, 2.45) is 11.8 Å². The van der Waals surface area contributed by atoms with E-state index in [0.717, 1.165) is 0 Å². The zero-order valence-corrected chi connectivity index (χ0v) is 9.95. The third kappa shape index (κ3) is 1.01. The number of carbonyl (C=O) groups excluding carboxylic acids is 2. The van der Waals surface area contributed by atoms with Crippen LogP contribution in [0.5, 0.6) is 0 Å². The first-order valence-electron chi connectivity index (χ1n) is 5.83. The molecule has 6 atom stereocenters. The Morgan fingerprint density at radius 2 is 2.00 bits per heavy atom. The summed E-state index contributed by atoms with van der Waals surface area (Å²) in [5.74, 6) is -4.71. The normalized spacial score (nSPS) is 54.7. The number of fused-ring (bicyclic) bond motifs is 2. The molecule has 18 heavy (non-hydrogen) atoms. The zero-order valence-electron chi connectivity index (χ0n) is 9.95. The molecule has 7 heteroatoms. The molecule has 6 unspecified atom stereocenters. The van der Waals surface area contributed by atoms with Crippen molar-refractivity contribution in [3.8, 4) is 0 Å². The Balaban J connectivity index is 2.11. The maximum absolute atomic E-state index is 12.0. The largest absolute Gasteiger partial charge is 0.450 e. The highest BCUT2D eigenvalue weighted by Gasteiger charge is 2.80. The SMILES string of the molecule is CC1C(=O)OC2(C(=O)OC3C(O)COC32O)C1C. The summed E-state index contributed by atoms with van der Waals surface area (Å²) in [5.41, 5.74) is -1.87. The zero-order chi connectivity index (χ0) is 13.3. The third-order valence-corrected chi connectivity index (χ3v) is 4.30. The Labute approximate surface area is 103 Å². The number of ether oxygens (including phenoxy) is 3. The molecule has 3 aliphatic rings. The third-order valence-electron chi connectivity index (χ3n) is 4.30. The Morgan fingerprint density at radius 1 is 1.33 bits per heavy atom. The molecule has 0 bridgehead atoms. The summed E-state index contributed by atoms with van der Waals surface area (Å²) in [6.07, 6.45) is -2.34. The van der Waals surface area contributed by atoms with Gasteiger partial charge >= 0.3 is 11.9 Å². The van der Waals surface area contributed by atoms with Crippen molar-refractivity contribution in [1.29, 1.82) is 0 Å². The van der Waals surface area contributed by atoms with Crippen LogP contribution in [0.1, 0.15) is 13.8 Å². The molecule has 7 nitrogen and oxygen atoms in total. The molecule has 3 fully saturated rings. The van der Waals surface area contributed by atoms with Crippen LogP contribution < -0.4 is 0 Å². The Morgan fingerprint density at radius 3 is 2.56 bits per heavy atom. The molecule has 0 aliphatic carbocycles. The van der Waals surface area contributed by atoms with Crippen LogP contribution in [0.4, 0.5) is 0 Å². The molecule has 0 saturated carbocycles. The highest BCUT2D eigenvalue weighted by atomic mass is 16.7. The monoisotopic (exact) mass is 258 g/mol. The predicted octanol–water partition coefficient (Wildman–Crippen LogP) is -1.44. The van der Waals surface area contributed by atoms with Gasteiger partial charge in [0.1, 0.15) is 6.10 Å². The van der Waals surface area contributed by atoms with Gasteiger partial charge in [0.15, 0.2) is 6.10 Å². The first-order valence-corrected chi connectivity index (χ1v) is 5.83. The fourth-order valence-electron chi connectivity index (χ4n) is 3.00. The molecule has 3 rings (SSSR count). The Bertz CT molecular complexity index is 435. The van der Waals surface area contributed by atoms with Gasteiger partial charge < -0.3 is 24.4 Å². The van der Waals surface area contributed by atoms with Crippen molar-refractivity contribution in [3.05, 3.63) is 0 Å². The topological polar surface area (TPSA) is 102 Å². The van der Waals surface area contributed by atoms with Gasteiger partial charge in [-0.05, 0) is 0 Å². The van der Waals surface area contributed by atoms with E-state index in [1.54, 1.807) is 13.8 Å². The molecule has 100 valence electrons. The summed E-state index contributed by atoms with van der Waals surface area (Å²) in [4.78, 5) is 23.7. The average molecular weight is 258 g/mol. The lowest BCUT2D eigenvalue weighted by Crippen LogP contribution is -2.61. The molecule has 3 aliphatic heterocycles. The lowest BCUT2D eigenvalue weighted by atomic mass is 9.77. The van der Waals surface area contributed by atoms with Gasteiger partial charge in [-0.3, -0.25) is 4.79 Å². The number of hydrogen-bond acceptors (Lipinski definition) is 7. The second-order valence-electron chi connectivity index (χ2n) is 5.13. The smallest absolute Gasteiger partial charge is 0.357 e. The first kappa shape index (κ1) is 11.9. The molecular weight excluding hydrogens is 244 g/mol. The number of esters is 2. The molecule has 3 saturated heterocycles. The van der Waals surface area contributed by atoms with E-state index in [4.69, 9.17) is 14.2 Å².